The molecule has 0 rings (SSSR count). The van der Waals surface area contributed by atoms with Crippen molar-refractivity contribution < 1.29 is 34.2 Å². The molecule has 138 valence electrons. The molecule has 7 heteroatoms. The molecular formula is C17H30NO6+. The minimum Gasteiger partial charge on any atom is -0.477 e. The van der Waals surface area contributed by atoms with Crippen LogP contribution in [-0.2, 0) is 14.4 Å². The Labute approximate surface area is 143 Å². The van der Waals surface area contributed by atoms with Crippen LogP contribution in [0.4, 0.5) is 0 Å². The molecule has 0 heterocycles. The maximum atomic E-state index is 11.0. The Bertz CT molecular complexity index is 392. The minimum absolute atomic E-state index is 0.0841. The Morgan fingerprint density at radius 3 is 1.67 bits per heavy atom. The lowest BCUT2D eigenvalue weighted by molar-refractivity contribution is -0.902. The van der Waals surface area contributed by atoms with E-state index in [1.807, 2.05) is 6.08 Å². The van der Waals surface area contributed by atoms with Crippen molar-refractivity contribution in [3.05, 3.63) is 12.2 Å². The number of nitrogens with zero attached hydrogens (tertiary/aromatic N) is 1. The summed E-state index contributed by atoms with van der Waals surface area (Å²) in [6.07, 6.45) is 11.5. The van der Waals surface area contributed by atoms with Crippen molar-refractivity contribution >= 4 is 17.9 Å². The highest BCUT2D eigenvalue weighted by atomic mass is 16.4. The zero-order chi connectivity index (χ0) is 18.4. The van der Waals surface area contributed by atoms with Crippen molar-refractivity contribution in [2.45, 2.75) is 51.9 Å². The maximum absolute atomic E-state index is 11.0. The Morgan fingerprint density at radius 1 is 0.750 bits per heavy atom. The number of hydrogen-bond donors (Lipinski definition) is 3. The molecule has 0 amide bonds. The molecule has 0 fully saturated rings. The average molecular weight is 344 g/mol. The monoisotopic (exact) mass is 344 g/mol. The lowest BCUT2D eigenvalue weighted by atomic mass is 10.1. The van der Waals surface area contributed by atoms with E-state index in [1.54, 1.807) is 6.08 Å². The third kappa shape index (κ3) is 11.6. The van der Waals surface area contributed by atoms with Gasteiger partial charge in [-0.05, 0) is 18.9 Å². The first-order chi connectivity index (χ1) is 11.3. The van der Waals surface area contributed by atoms with Crippen molar-refractivity contribution in [2.75, 3.05) is 26.2 Å². The number of hydrogen-bond acceptors (Lipinski definition) is 3. The number of carboxylic acid groups (broad SMARTS) is 3. The van der Waals surface area contributed by atoms with Gasteiger partial charge in [-0.2, -0.15) is 0 Å². The van der Waals surface area contributed by atoms with Crippen LogP contribution in [0.25, 0.3) is 0 Å². The summed E-state index contributed by atoms with van der Waals surface area (Å²) in [4.78, 5) is 33.0. The number of unbranched alkanes of at least 4 members (excludes halogenated alkanes) is 6. The molecule has 24 heavy (non-hydrogen) atoms. The number of allylic oxidation sites excluding steroid dienone is 1. The quantitative estimate of drug-likeness (QED) is 0.239. The zero-order valence-corrected chi connectivity index (χ0v) is 14.4. The second-order valence-corrected chi connectivity index (χ2v) is 6.21. The normalized spacial score (nSPS) is 11.7. The molecular weight excluding hydrogens is 314 g/mol. The van der Waals surface area contributed by atoms with E-state index in [-0.39, 0.29) is 6.54 Å². The topological polar surface area (TPSA) is 112 Å². The maximum Gasteiger partial charge on any atom is 0.359 e. The highest BCUT2D eigenvalue weighted by molar-refractivity contribution is 5.73. The van der Waals surface area contributed by atoms with Gasteiger partial charge in [-0.1, -0.05) is 45.1 Å². The molecule has 0 radical (unpaired) electrons. The van der Waals surface area contributed by atoms with Gasteiger partial charge in [0.1, 0.15) is 0 Å². The summed E-state index contributed by atoms with van der Waals surface area (Å²) in [5.41, 5.74) is 0. The van der Waals surface area contributed by atoms with Crippen LogP contribution in [0, 0.1) is 0 Å². The highest BCUT2D eigenvalue weighted by Crippen LogP contribution is 2.10. The van der Waals surface area contributed by atoms with Gasteiger partial charge in [0.2, 0.25) is 0 Å². The van der Waals surface area contributed by atoms with Gasteiger partial charge in [0, 0.05) is 0 Å². The molecule has 3 N–H and O–H groups in total. The van der Waals surface area contributed by atoms with Crippen molar-refractivity contribution in [1.29, 1.82) is 0 Å². The molecule has 0 bridgehead atoms. The first-order valence-corrected chi connectivity index (χ1v) is 8.47. The smallest absolute Gasteiger partial charge is 0.359 e. The van der Waals surface area contributed by atoms with Crippen LogP contribution in [0.15, 0.2) is 12.2 Å². The minimum atomic E-state index is -1.21. The first-order valence-electron chi connectivity index (χ1n) is 8.47. The first kappa shape index (κ1) is 22.1. The summed E-state index contributed by atoms with van der Waals surface area (Å²) >= 11 is 0. The third-order valence-electron chi connectivity index (χ3n) is 3.80. The summed E-state index contributed by atoms with van der Waals surface area (Å²) in [7, 11) is 0. The second kappa shape index (κ2) is 12.5. The number of aliphatic carboxylic acids is 3. The van der Waals surface area contributed by atoms with Crippen LogP contribution >= 0.6 is 0 Å². The van der Waals surface area contributed by atoms with E-state index in [0.29, 0.717) is 0 Å². The van der Waals surface area contributed by atoms with E-state index in [4.69, 9.17) is 15.3 Å². The fourth-order valence-corrected chi connectivity index (χ4v) is 2.68. The predicted octanol–water partition coefficient (Wildman–Crippen LogP) is 2.36. The molecule has 0 aliphatic rings. The lowest BCUT2D eigenvalue weighted by Gasteiger charge is -2.33. The Balaban J connectivity index is 4.51. The SMILES string of the molecule is CCCCCCCC/C=C/C[N+](CC(=O)O)(CC(=O)O)CC(=O)O. The number of carbonyl (C=O) groups is 3. The molecule has 0 aromatic rings. The Morgan fingerprint density at radius 2 is 1.21 bits per heavy atom. The van der Waals surface area contributed by atoms with Gasteiger partial charge in [-0.25, -0.2) is 14.4 Å². The van der Waals surface area contributed by atoms with Gasteiger partial charge in [0.25, 0.3) is 0 Å². The molecule has 0 saturated heterocycles. The second-order valence-electron chi connectivity index (χ2n) is 6.21. The summed E-state index contributed by atoms with van der Waals surface area (Å²) in [5, 5.41) is 27.0. The van der Waals surface area contributed by atoms with E-state index in [2.05, 4.69) is 6.92 Å². The lowest BCUT2D eigenvalue weighted by Crippen LogP contribution is -2.56. The zero-order valence-electron chi connectivity index (χ0n) is 14.4. The van der Waals surface area contributed by atoms with Gasteiger partial charge < -0.3 is 15.3 Å². The molecule has 0 atom stereocenters. The van der Waals surface area contributed by atoms with E-state index >= 15 is 0 Å². The fourth-order valence-electron chi connectivity index (χ4n) is 2.68. The summed E-state index contributed by atoms with van der Waals surface area (Å²) in [5.74, 6) is -3.62. The molecule has 0 spiro atoms. The molecule has 0 aromatic heterocycles. The van der Waals surface area contributed by atoms with Crippen LogP contribution < -0.4 is 0 Å². The summed E-state index contributed by atoms with van der Waals surface area (Å²) < 4.78 is -0.521. The molecule has 0 aliphatic heterocycles. The van der Waals surface area contributed by atoms with Gasteiger partial charge in [-0.3, -0.25) is 4.48 Å². The van der Waals surface area contributed by atoms with Crippen LogP contribution in [-0.4, -0.2) is 63.9 Å². The Hall–Kier alpha value is -1.89. The van der Waals surface area contributed by atoms with Crippen molar-refractivity contribution in [3.8, 4) is 0 Å². The van der Waals surface area contributed by atoms with E-state index in [0.717, 1.165) is 19.3 Å². The van der Waals surface area contributed by atoms with Crippen molar-refractivity contribution in [2.24, 2.45) is 0 Å². The van der Waals surface area contributed by atoms with Crippen molar-refractivity contribution in [1.82, 2.24) is 0 Å². The molecule has 0 saturated carbocycles. The van der Waals surface area contributed by atoms with Crippen LogP contribution in [0.3, 0.4) is 0 Å². The number of rotatable bonds is 15. The van der Waals surface area contributed by atoms with Gasteiger partial charge in [-0.15, -0.1) is 0 Å². The summed E-state index contributed by atoms with van der Waals surface area (Å²) in [6.45, 7) is 0.666. The molecule has 0 aliphatic carbocycles. The van der Waals surface area contributed by atoms with E-state index in [1.165, 1.54) is 25.7 Å². The largest absolute Gasteiger partial charge is 0.477 e. The van der Waals surface area contributed by atoms with Gasteiger partial charge in [0.05, 0.1) is 6.54 Å². The van der Waals surface area contributed by atoms with Crippen LogP contribution in [0.5, 0.6) is 0 Å². The van der Waals surface area contributed by atoms with E-state index < -0.39 is 42.0 Å². The predicted molar refractivity (Wildman–Crippen MR) is 89.8 cm³/mol. The summed E-state index contributed by atoms with van der Waals surface area (Å²) in [6, 6.07) is 0. The highest BCUT2D eigenvalue weighted by Gasteiger charge is 2.34. The van der Waals surface area contributed by atoms with Gasteiger partial charge in [0.15, 0.2) is 19.6 Å². The van der Waals surface area contributed by atoms with Crippen LogP contribution in [0.2, 0.25) is 0 Å². The number of carboxylic acids is 3. The molecule has 7 nitrogen and oxygen atoms in total. The van der Waals surface area contributed by atoms with Crippen LogP contribution in [0.1, 0.15) is 51.9 Å². The number of quaternary nitrogens is 1. The molecule has 0 unspecified atom stereocenters. The third-order valence-corrected chi connectivity index (χ3v) is 3.80. The fraction of sp³-hybridized carbons (Fsp3) is 0.706. The van der Waals surface area contributed by atoms with E-state index in [9.17, 15) is 14.4 Å². The Kier molecular flexibility index (Phi) is 11.5. The standard InChI is InChI=1S/C17H29NO6/c1-2-3-4-5-6-7-8-9-10-11-18(12-15(19)20,13-16(21)22)14-17(23)24/h9-10H,2-8,11-14H2,1H3,(H2-,19,20,21,22,23,24)/p+1/b10-9+. The van der Waals surface area contributed by atoms with Gasteiger partial charge >= 0.3 is 17.9 Å². The average Bonchev–Trinajstić information content (AvgIpc) is 2.43. The van der Waals surface area contributed by atoms with Crippen molar-refractivity contribution in [3.63, 3.8) is 0 Å². The molecule has 0 aromatic carbocycles.